The second-order valence-corrected chi connectivity index (χ2v) is 8.08. The van der Waals surface area contributed by atoms with E-state index in [9.17, 15) is 9.59 Å². The number of aryl methyl sites for hydroxylation is 2. The fourth-order valence-electron chi connectivity index (χ4n) is 3.78. The van der Waals surface area contributed by atoms with Crippen molar-refractivity contribution in [2.75, 3.05) is 18.1 Å². The van der Waals surface area contributed by atoms with Crippen LogP contribution in [-0.2, 0) is 9.59 Å². The Morgan fingerprint density at radius 1 is 1.14 bits per heavy atom. The molecule has 2 amide bonds. The highest BCUT2D eigenvalue weighted by molar-refractivity contribution is 6.06. The van der Waals surface area contributed by atoms with Crippen LogP contribution < -0.4 is 15.0 Å². The van der Waals surface area contributed by atoms with E-state index >= 15 is 0 Å². The average molecular weight is 395 g/mol. The summed E-state index contributed by atoms with van der Waals surface area (Å²) in [7, 11) is 0. The van der Waals surface area contributed by atoms with Gasteiger partial charge in [-0.2, -0.15) is 0 Å². The zero-order valence-corrected chi connectivity index (χ0v) is 17.9. The van der Waals surface area contributed by atoms with Gasteiger partial charge in [0.05, 0.1) is 6.61 Å². The van der Waals surface area contributed by atoms with Crippen LogP contribution in [0.1, 0.15) is 61.4 Å². The number of nitrogens with one attached hydrogen (secondary N) is 1. The lowest BCUT2D eigenvalue weighted by molar-refractivity contribution is -0.126. The summed E-state index contributed by atoms with van der Waals surface area (Å²) < 4.78 is 6.07. The minimum absolute atomic E-state index is 0.0841. The van der Waals surface area contributed by atoms with Gasteiger partial charge >= 0.3 is 0 Å². The van der Waals surface area contributed by atoms with Crippen LogP contribution in [0.15, 0.2) is 36.4 Å². The van der Waals surface area contributed by atoms with E-state index in [0.717, 1.165) is 22.6 Å². The Morgan fingerprint density at radius 2 is 1.83 bits per heavy atom. The second kappa shape index (κ2) is 8.68. The van der Waals surface area contributed by atoms with Gasteiger partial charge in [-0.25, -0.2) is 0 Å². The van der Waals surface area contributed by atoms with E-state index in [1.54, 1.807) is 4.90 Å². The molecule has 2 aromatic carbocycles. The molecule has 0 radical (unpaired) electrons. The minimum atomic E-state index is -0.604. The molecule has 2 aromatic rings. The number of carbonyl (C=O) groups is 2. The molecule has 0 saturated heterocycles. The highest BCUT2D eigenvalue weighted by atomic mass is 16.5. The van der Waals surface area contributed by atoms with E-state index in [1.807, 2.05) is 25.1 Å². The fourth-order valence-corrected chi connectivity index (χ4v) is 3.78. The summed E-state index contributed by atoms with van der Waals surface area (Å²) in [5, 5.41) is 2.79. The number of carbonyl (C=O) groups excluding carboxylic acids is 2. The maximum Gasteiger partial charge on any atom is 0.254 e. The van der Waals surface area contributed by atoms with Gasteiger partial charge in [0.25, 0.3) is 5.91 Å². The van der Waals surface area contributed by atoms with E-state index in [0.29, 0.717) is 25.5 Å². The average Bonchev–Trinajstić information content (AvgIpc) is 2.89. The molecule has 0 fully saturated rings. The molecule has 1 N–H and O–H groups in total. The normalized spacial score (nSPS) is 15.6. The zero-order valence-electron chi connectivity index (χ0n) is 17.9. The number of anilines is 1. The van der Waals surface area contributed by atoms with Crippen LogP contribution in [0.25, 0.3) is 0 Å². The van der Waals surface area contributed by atoms with Crippen LogP contribution in [0.4, 0.5) is 5.69 Å². The van der Waals surface area contributed by atoms with Crippen LogP contribution >= 0.6 is 0 Å². The topological polar surface area (TPSA) is 58.6 Å². The molecule has 29 heavy (non-hydrogen) atoms. The Balaban J connectivity index is 1.68. The molecule has 1 aliphatic heterocycles. The summed E-state index contributed by atoms with van der Waals surface area (Å²) in [4.78, 5) is 26.3. The number of rotatable bonds is 7. The lowest BCUT2D eigenvalue weighted by atomic mass is 10.0. The van der Waals surface area contributed by atoms with Gasteiger partial charge < -0.3 is 15.0 Å². The molecular weight excluding hydrogens is 364 g/mol. The highest BCUT2D eigenvalue weighted by Gasteiger charge is 2.37. The largest absolute Gasteiger partial charge is 0.493 e. The maximum absolute atomic E-state index is 12.9. The van der Waals surface area contributed by atoms with Crippen molar-refractivity contribution in [1.29, 1.82) is 0 Å². The molecule has 1 heterocycles. The molecule has 0 saturated carbocycles. The van der Waals surface area contributed by atoms with E-state index in [1.165, 1.54) is 18.1 Å². The minimum Gasteiger partial charge on any atom is -0.493 e. The molecule has 5 nitrogen and oxygen atoms in total. The van der Waals surface area contributed by atoms with Crippen LogP contribution in [0.5, 0.6) is 5.75 Å². The standard InChI is InChI=1S/C24H30N2O3/c1-15(2)19-9-7-17(4)14-22(19)29-12-6-11-26-21-10-8-16(3)13-20(21)23(24(26)28)25-18(5)27/h7-10,13-15,23H,6,11-12H2,1-5H3,(H,25,27). The molecule has 5 heteroatoms. The number of ether oxygens (including phenoxy) is 1. The third kappa shape index (κ3) is 4.61. The number of hydrogen-bond donors (Lipinski definition) is 1. The van der Waals surface area contributed by atoms with E-state index in [-0.39, 0.29) is 11.8 Å². The molecule has 3 rings (SSSR count). The molecule has 0 aromatic heterocycles. The quantitative estimate of drug-likeness (QED) is 0.707. The molecule has 0 bridgehead atoms. The van der Waals surface area contributed by atoms with Crippen molar-refractivity contribution < 1.29 is 14.3 Å². The van der Waals surface area contributed by atoms with E-state index in [2.05, 4.69) is 44.3 Å². The molecule has 0 aliphatic carbocycles. The Bertz CT molecular complexity index is 920. The predicted molar refractivity (Wildman–Crippen MR) is 115 cm³/mol. The SMILES string of the molecule is CC(=O)NC1C(=O)N(CCCOc2cc(C)ccc2C(C)C)c2ccc(C)cc21. The van der Waals surface area contributed by atoms with Crippen LogP contribution in [0, 0.1) is 13.8 Å². The lowest BCUT2D eigenvalue weighted by Gasteiger charge is -2.19. The first-order valence-corrected chi connectivity index (χ1v) is 10.2. The number of hydrogen-bond acceptors (Lipinski definition) is 3. The Kier molecular flexibility index (Phi) is 6.26. The Labute approximate surface area is 173 Å². The van der Waals surface area contributed by atoms with Crippen molar-refractivity contribution >= 4 is 17.5 Å². The van der Waals surface area contributed by atoms with Crippen LogP contribution in [0.2, 0.25) is 0 Å². The van der Waals surface area contributed by atoms with Crippen molar-refractivity contribution in [2.45, 2.75) is 53.0 Å². The van der Waals surface area contributed by atoms with Crippen molar-refractivity contribution in [3.63, 3.8) is 0 Å². The summed E-state index contributed by atoms with van der Waals surface area (Å²) in [6, 6.07) is 11.6. The van der Waals surface area contributed by atoms with E-state index in [4.69, 9.17) is 4.74 Å². The summed E-state index contributed by atoms with van der Waals surface area (Å²) in [5.41, 5.74) is 5.17. The highest BCUT2D eigenvalue weighted by Crippen LogP contribution is 2.36. The van der Waals surface area contributed by atoms with Crippen molar-refractivity contribution in [2.24, 2.45) is 0 Å². The van der Waals surface area contributed by atoms with Crippen LogP contribution in [-0.4, -0.2) is 25.0 Å². The van der Waals surface area contributed by atoms with Gasteiger partial charge in [0.1, 0.15) is 11.8 Å². The van der Waals surface area contributed by atoms with Crippen molar-refractivity contribution in [3.05, 3.63) is 58.7 Å². The summed E-state index contributed by atoms with van der Waals surface area (Å²) in [6.07, 6.45) is 0.706. The number of fused-ring (bicyclic) bond motifs is 1. The number of amides is 2. The summed E-state index contributed by atoms with van der Waals surface area (Å²) >= 11 is 0. The molecule has 1 unspecified atom stereocenters. The molecule has 154 valence electrons. The Hall–Kier alpha value is -2.82. The maximum atomic E-state index is 12.9. The smallest absolute Gasteiger partial charge is 0.254 e. The summed E-state index contributed by atoms with van der Waals surface area (Å²) in [6.45, 7) is 10.9. The van der Waals surface area contributed by atoms with Gasteiger partial charge in [-0.3, -0.25) is 9.59 Å². The summed E-state index contributed by atoms with van der Waals surface area (Å²) in [5.74, 6) is 1.01. The molecule has 1 atom stereocenters. The third-order valence-electron chi connectivity index (χ3n) is 5.22. The molecule has 0 spiro atoms. The van der Waals surface area contributed by atoms with Crippen molar-refractivity contribution in [1.82, 2.24) is 5.32 Å². The molecular formula is C24H30N2O3. The van der Waals surface area contributed by atoms with Crippen molar-refractivity contribution in [3.8, 4) is 5.75 Å². The monoisotopic (exact) mass is 394 g/mol. The first kappa shape index (κ1) is 20.9. The fraction of sp³-hybridized carbons (Fsp3) is 0.417. The zero-order chi connectivity index (χ0) is 21.1. The number of nitrogens with zero attached hydrogens (tertiary/aromatic N) is 1. The molecule has 1 aliphatic rings. The first-order valence-electron chi connectivity index (χ1n) is 10.2. The van der Waals surface area contributed by atoms with Gasteiger partial charge in [-0.15, -0.1) is 0 Å². The lowest BCUT2D eigenvalue weighted by Crippen LogP contribution is -2.37. The number of benzene rings is 2. The third-order valence-corrected chi connectivity index (χ3v) is 5.22. The van der Waals surface area contributed by atoms with Gasteiger partial charge in [-0.1, -0.05) is 43.7 Å². The predicted octanol–water partition coefficient (Wildman–Crippen LogP) is 4.42. The van der Waals surface area contributed by atoms with Gasteiger partial charge in [0.15, 0.2) is 0 Å². The Morgan fingerprint density at radius 3 is 2.52 bits per heavy atom. The van der Waals surface area contributed by atoms with Gasteiger partial charge in [0, 0.05) is 24.7 Å². The second-order valence-electron chi connectivity index (χ2n) is 8.08. The van der Waals surface area contributed by atoms with Gasteiger partial charge in [0.2, 0.25) is 5.91 Å². The van der Waals surface area contributed by atoms with Crippen LogP contribution in [0.3, 0.4) is 0 Å². The first-order chi connectivity index (χ1) is 13.8. The van der Waals surface area contributed by atoms with Gasteiger partial charge in [-0.05, 0) is 49.4 Å². The van der Waals surface area contributed by atoms with E-state index < -0.39 is 6.04 Å².